The van der Waals surface area contributed by atoms with E-state index in [1.807, 2.05) is 19.1 Å². The third-order valence-electron chi connectivity index (χ3n) is 4.72. The fourth-order valence-electron chi connectivity index (χ4n) is 3.06. The van der Waals surface area contributed by atoms with Gasteiger partial charge in [-0.2, -0.15) is 0 Å². The molecule has 0 spiro atoms. The van der Waals surface area contributed by atoms with Gasteiger partial charge in [0.1, 0.15) is 12.4 Å². The number of hydrogen-bond acceptors (Lipinski definition) is 4. The average Bonchev–Trinajstić information content (AvgIpc) is 2.71. The van der Waals surface area contributed by atoms with Crippen LogP contribution < -0.4 is 14.8 Å². The zero-order valence-corrected chi connectivity index (χ0v) is 18.4. The lowest BCUT2D eigenvalue weighted by molar-refractivity contribution is 0.269. The van der Waals surface area contributed by atoms with Gasteiger partial charge in [-0.3, -0.25) is 0 Å². The third-order valence-corrected chi connectivity index (χ3v) is 5.00. The maximum atomic E-state index is 13.1. The van der Waals surface area contributed by atoms with Crippen LogP contribution in [0.3, 0.4) is 0 Å². The minimum atomic E-state index is -0.268. The molecule has 2 aromatic carbocycles. The van der Waals surface area contributed by atoms with E-state index in [2.05, 4.69) is 24.1 Å². The van der Waals surface area contributed by atoms with E-state index in [-0.39, 0.29) is 5.82 Å². The van der Waals surface area contributed by atoms with E-state index in [4.69, 9.17) is 21.1 Å². The van der Waals surface area contributed by atoms with Gasteiger partial charge in [0, 0.05) is 6.54 Å². The molecule has 0 amide bonds. The highest BCUT2D eigenvalue weighted by Crippen LogP contribution is 2.37. The Morgan fingerprint density at radius 2 is 1.72 bits per heavy atom. The summed E-state index contributed by atoms with van der Waals surface area (Å²) >= 11 is 6.48. The quantitative estimate of drug-likeness (QED) is 0.445. The fraction of sp³-hybridized carbons (Fsp3) is 0.478. The Hall–Kier alpha value is -1.82. The molecule has 29 heavy (non-hydrogen) atoms. The number of rotatable bonds is 13. The second kappa shape index (κ2) is 12.7. The number of halogens is 2. The Bertz CT molecular complexity index is 736. The van der Waals surface area contributed by atoms with Gasteiger partial charge in [0.15, 0.2) is 11.5 Å². The number of ether oxygens (including phenoxy) is 2. The maximum Gasteiger partial charge on any atom is 0.180 e. The average molecular weight is 423 g/mol. The SMILES string of the molecule is CCOc1cc(CNCCCN(CC)CC)cc(Cl)c1OCc1ccc(F)cc1. The third kappa shape index (κ3) is 7.84. The topological polar surface area (TPSA) is 33.7 Å². The minimum Gasteiger partial charge on any atom is -0.490 e. The van der Waals surface area contributed by atoms with E-state index in [0.29, 0.717) is 29.7 Å². The van der Waals surface area contributed by atoms with Crippen LogP contribution in [0, 0.1) is 5.82 Å². The van der Waals surface area contributed by atoms with Crippen molar-refractivity contribution in [1.82, 2.24) is 10.2 Å². The van der Waals surface area contributed by atoms with Gasteiger partial charge in [-0.05, 0) is 74.9 Å². The molecule has 0 aliphatic carbocycles. The van der Waals surface area contributed by atoms with Crippen molar-refractivity contribution in [3.8, 4) is 11.5 Å². The standard InChI is InChI=1S/C23H32ClFN2O2/c1-4-27(5-2)13-7-12-26-16-19-14-21(24)23(22(15-19)28-6-3)29-17-18-8-10-20(25)11-9-18/h8-11,14-15,26H,4-7,12-13,16-17H2,1-3H3. The van der Waals surface area contributed by atoms with Crippen LogP contribution in [-0.2, 0) is 13.2 Å². The van der Waals surface area contributed by atoms with Crippen LogP contribution in [0.5, 0.6) is 11.5 Å². The Kier molecular flexibility index (Phi) is 10.3. The predicted molar refractivity (Wildman–Crippen MR) is 117 cm³/mol. The lowest BCUT2D eigenvalue weighted by Crippen LogP contribution is -2.27. The molecule has 0 aromatic heterocycles. The van der Waals surface area contributed by atoms with Gasteiger partial charge in [-0.15, -0.1) is 0 Å². The summed E-state index contributed by atoms with van der Waals surface area (Å²) in [4.78, 5) is 2.42. The van der Waals surface area contributed by atoms with Crippen molar-refractivity contribution in [2.24, 2.45) is 0 Å². The molecule has 0 atom stereocenters. The molecule has 160 valence electrons. The number of nitrogens with zero attached hydrogens (tertiary/aromatic N) is 1. The van der Waals surface area contributed by atoms with Crippen LogP contribution in [0.15, 0.2) is 36.4 Å². The summed E-state index contributed by atoms with van der Waals surface area (Å²) in [6.07, 6.45) is 1.10. The van der Waals surface area contributed by atoms with Gasteiger partial charge in [-0.25, -0.2) is 4.39 Å². The van der Waals surface area contributed by atoms with Crippen molar-refractivity contribution in [1.29, 1.82) is 0 Å². The van der Waals surface area contributed by atoms with Crippen LogP contribution in [0.4, 0.5) is 4.39 Å². The molecule has 0 radical (unpaired) electrons. The molecule has 0 aliphatic rings. The van der Waals surface area contributed by atoms with Crippen molar-refractivity contribution in [2.75, 3.05) is 32.8 Å². The van der Waals surface area contributed by atoms with Crippen molar-refractivity contribution >= 4 is 11.6 Å². The second-order valence-electron chi connectivity index (χ2n) is 6.81. The zero-order valence-electron chi connectivity index (χ0n) is 17.6. The second-order valence-corrected chi connectivity index (χ2v) is 7.22. The van der Waals surface area contributed by atoms with E-state index >= 15 is 0 Å². The molecular formula is C23H32ClFN2O2. The maximum absolute atomic E-state index is 13.1. The Morgan fingerprint density at radius 3 is 2.38 bits per heavy atom. The molecule has 0 heterocycles. The normalized spacial score (nSPS) is 11.1. The predicted octanol–water partition coefficient (Wildman–Crippen LogP) is 5.28. The van der Waals surface area contributed by atoms with Crippen LogP contribution in [0.1, 0.15) is 38.3 Å². The summed E-state index contributed by atoms with van der Waals surface area (Å²) in [5.41, 5.74) is 1.92. The highest BCUT2D eigenvalue weighted by Gasteiger charge is 2.13. The Balaban J connectivity index is 1.94. The first kappa shape index (κ1) is 23.5. The van der Waals surface area contributed by atoms with Crippen LogP contribution >= 0.6 is 11.6 Å². The number of hydrogen-bond donors (Lipinski definition) is 1. The smallest absolute Gasteiger partial charge is 0.180 e. The van der Waals surface area contributed by atoms with E-state index in [1.165, 1.54) is 12.1 Å². The molecule has 6 heteroatoms. The largest absolute Gasteiger partial charge is 0.490 e. The van der Waals surface area contributed by atoms with E-state index in [9.17, 15) is 4.39 Å². The Morgan fingerprint density at radius 1 is 1.00 bits per heavy atom. The monoisotopic (exact) mass is 422 g/mol. The number of benzene rings is 2. The van der Waals surface area contributed by atoms with Crippen LogP contribution in [-0.4, -0.2) is 37.7 Å². The van der Waals surface area contributed by atoms with Gasteiger partial charge < -0.3 is 19.7 Å². The fourth-order valence-corrected chi connectivity index (χ4v) is 3.35. The summed E-state index contributed by atoms with van der Waals surface area (Å²) in [7, 11) is 0. The van der Waals surface area contributed by atoms with Crippen molar-refractivity contribution < 1.29 is 13.9 Å². The first-order chi connectivity index (χ1) is 14.1. The van der Waals surface area contributed by atoms with Gasteiger partial charge in [0.05, 0.1) is 11.6 Å². The van der Waals surface area contributed by atoms with Gasteiger partial charge >= 0.3 is 0 Å². The molecule has 4 nitrogen and oxygen atoms in total. The van der Waals surface area contributed by atoms with E-state index in [1.54, 1.807) is 12.1 Å². The lowest BCUT2D eigenvalue weighted by atomic mass is 10.2. The molecule has 0 bridgehead atoms. The molecule has 0 aliphatic heterocycles. The highest BCUT2D eigenvalue weighted by atomic mass is 35.5. The van der Waals surface area contributed by atoms with Gasteiger partial charge in [0.25, 0.3) is 0 Å². The minimum absolute atomic E-state index is 0.268. The lowest BCUT2D eigenvalue weighted by Gasteiger charge is -2.18. The number of nitrogens with one attached hydrogen (secondary N) is 1. The van der Waals surface area contributed by atoms with Gasteiger partial charge in [-0.1, -0.05) is 37.6 Å². The zero-order chi connectivity index (χ0) is 21.1. The van der Waals surface area contributed by atoms with Crippen LogP contribution in [0.2, 0.25) is 5.02 Å². The molecule has 1 N–H and O–H groups in total. The molecular weight excluding hydrogens is 391 g/mol. The molecule has 2 rings (SSSR count). The first-order valence-corrected chi connectivity index (χ1v) is 10.7. The summed E-state index contributed by atoms with van der Waals surface area (Å²) in [6, 6.07) is 10.1. The van der Waals surface area contributed by atoms with Crippen molar-refractivity contribution in [3.05, 3.63) is 58.4 Å². The Labute approximate surface area is 179 Å². The van der Waals surface area contributed by atoms with Crippen molar-refractivity contribution in [3.63, 3.8) is 0 Å². The summed E-state index contributed by atoms with van der Waals surface area (Å²) < 4.78 is 24.7. The summed E-state index contributed by atoms with van der Waals surface area (Å²) in [6.45, 7) is 12.1. The van der Waals surface area contributed by atoms with E-state index in [0.717, 1.165) is 50.3 Å². The molecule has 0 saturated carbocycles. The molecule has 0 unspecified atom stereocenters. The highest BCUT2D eigenvalue weighted by molar-refractivity contribution is 6.32. The van der Waals surface area contributed by atoms with Crippen LogP contribution in [0.25, 0.3) is 0 Å². The molecule has 0 saturated heterocycles. The van der Waals surface area contributed by atoms with Crippen molar-refractivity contribution in [2.45, 2.75) is 40.3 Å². The molecule has 2 aromatic rings. The summed E-state index contributed by atoms with van der Waals surface area (Å²) in [5, 5.41) is 3.98. The van der Waals surface area contributed by atoms with E-state index < -0.39 is 0 Å². The first-order valence-electron chi connectivity index (χ1n) is 10.3. The van der Waals surface area contributed by atoms with Gasteiger partial charge in [0.2, 0.25) is 0 Å². The molecule has 0 fully saturated rings. The summed E-state index contributed by atoms with van der Waals surface area (Å²) in [5.74, 6) is 0.876.